The molecular formula is C13H28N2S. The summed E-state index contributed by atoms with van der Waals surface area (Å²) in [6, 6.07) is 1.18. The van der Waals surface area contributed by atoms with Gasteiger partial charge in [0.25, 0.3) is 0 Å². The van der Waals surface area contributed by atoms with Crippen LogP contribution in [0.15, 0.2) is 0 Å². The van der Waals surface area contributed by atoms with Crippen molar-refractivity contribution in [1.29, 1.82) is 0 Å². The van der Waals surface area contributed by atoms with E-state index < -0.39 is 0 Å². The Morgan fingerprint density at radius 1 is 1.44 bits per heavy atom. The largest absolute Gasteiger partial charge is 0.328 e. The van der Waals surface area contributed by atoms with Crippen LogP contribution in [0, 0.1) is 5.92 Å². The van der Waals surface area contributed by atoms with Gasteiger partial charge in [-0.2, -0.15) is 11.8 Å². The lowest BCUT2D eigenvalue weighted by Crippen LogP contribution is -2.38. The molecule has 16 heavy (non-hydrogen) atoms. The summed E-state index contributed by atoms with van der Waals surface area (Å²) in [6.07, 6.45) is 8.68. The molecule has 0 saturated heterocycles. The minimum Gasteiger partial charge on any atom is -0.328 e. The maximum atomic E-state index is 6.04. The highest BCUT2D eigenvalue weighted by Gasteiger charge is 2.21. The van der Waals surface area contributed by atoms with Crippen LogP contribution in [-0.2, 0) is 0 Å². The summed E-state index contributed by atoms with van der Waals surface area (Å²) < 4.78 is 0. The van der Waals surface area contributed by atoms with Crippen LogP contribution in [0.1, 0.15) is 39.0 Å². The first-order valence-electron chi connectivity index (χ1n) is 6.58. The van der Waals surface area contributed by atoms with Crippen molar-refractivity contribution in [3.05, 3.63) is 0 Å². The number of nitrogens with zero attached hydrogens (tertiary/aromatic N) is 1. The van der Waals surface area contributed by atoms with E-state index in [1.165, 1.54) is 44.4 Å². The highest BCUT2D eigenvalue weighted by Crippen LogP contribution is 2.24. The predicted octanol–water partition coefficient (Wildman–Crippen LogP) is 2.58. The second-order valence-electron chi connectivity index (χ2n) is 5.36. The molecule has 1 aliphatic rings. The number of thioether (sulfide) groups is 1. The van der Waals surface area contributed by atoms with Gasteiger partial charge in [0.15, 0.2) is 0 Å². The fraction of sp³-hybridized carbons (Fsp3) is 1.00. The molecule has 0 aromatic carbocycles. The Balaban J connectivity index is 2.23. The lowest BCUT2D eigenvalue weighted by molar-refractivity contribution is 0.181. The lowest BCUT2D eigenvalue weighted by atomic mass is 9.85. The molecular weight excluding hydrogens is 216 g/mol. The van der Waals surface area contributed by atoms with Crippen molar-refractivity contribution in [2.24, 2.45) is 11.7 Å². The van der Waals surface area contributed by atoms with Crippen LogP contribution in [0.2, 0.25) is 0 Å². The van der Waals surface area contributed by atoms with Crippen LogP contribution < -0.4 is 5.73 Å². The van der Waals surface area contributed by atoms with Gasteiger partial charge in [-0.15, -0.1) is 0 Å². The SMILES string of the molecule is CSCCC(C)N(C)CC1CCCC(N)C1. The van der Waals surface area contributed by atoms with Gasteiger partial charge in [-0.1, -0.05) is 6.42 Å². The van der Waals surface area contributed by atoms with Gasteiger partial charge in [-0.05, 0) is 57.6 Å². The van der Waals surface area contributed by atoms with Gasteiger partial charge in [-0.3, -0.25) is 0 Å². The Morgan fingerprint density at radius 2 is 2.19 bits per heavy atom. The second-order valence-corrected chi connectivity index (χ2v) is 6.35. The molecule has 0 aromatic heterocycles. The number of nitrogens with two attached hydrogens (primary N) is 1. The zero-order valence-corrected chi connectivity index (χ0v) is 11.9. The maximum absolute atomic E-state index is 6.04. The summed E-state index contributed by atoms with van der Waals surface area (Å²) in [5.41, 5.74) is 6.04. The van der Waals surface area contributed by atoms with Gasteiger partial charge in [0.05, 0.1) is 0 Å². The quantitative estimate of drug-likeness (QED) is 0.779. The summed E-state index contributed by atoms with van der Waals surface area (Å²) in [6.45, 7) is 3.59. The van der Waals surface area contributed by atoms with Gasteiger partial charge in [-0.25, -0.2) is 0 Å². The Kier molecular flexibility index (Phi) is 6.78. The average Bonchev–Trinajstić information content (AvgIpc) is 2.25. The summed E-state index contributed by atoms with van der Waals surface area (Å²) >= 11 is 1.95. The van der Waals surface area contributed by atoms with Crippen LogP contribution in [0.5, 0.6) is 0 Å². The molecule has 0 radical (unpaired) electrons. The van der Waals surface area contributed by atoms with E-state index in [2.05, 4.69) is 25.1 Å². The average molecular weight is 244 g/mol. The molecule has 0 heterocycles. The van der Waals surface area contributed by atoms with Crippen LogP contribution in [0.25, 0.3) is 0 Å². The predicted molar refractivity (Wildman–Crippen MR) is 75.0 cm³/mol. The molecule has 96 valence electrons. The molecule has 2 nitrogen and oxygen atoms in total. The van der Waals surface area contributed by atoms with Crippen molar-refractivity contribution in [3.63, 3.8) is 0 Å². The topological polar surface area (TPSA) is 29.3 Å². The molecule has 0 aromatic rings. The molecule has 3 heteroatoms. The molecule has 1 fully saturated rings. The third kappa shape index (κ3) is 5.07. The van der Waals surface area contributed by atoms with E-state index in [0.29, 0.717) is 12.1 Å². The fourth-order valence-corrected chi connectivity index (χ4v) is 3.17. The molecule has 0 spiro atoms. The Bertz CT molecular complexity index is 187. The Labute approximate surface area is 105 Å². The summed E-state index contributed by atoms with van der Waals surface area (Å²) in [5.74, 6) is 2.11. The van der Waals surface area contributed by atoms with Crippen LogP contribution in [0.4, 0.5) is 0 Å². The van der Waals surface area contributed by atoms with E-state index in [1.807, 2.05) is 11.8 Å². The van der Waals surface area contributed by atoms with E-state index in [1.54, 1.807) is 0 Å². The Hall–Kier alpha value is 0.270. The van der Waals surface area contributed by atoms with E-state index in [0.717, 1.165) is 5.92 Å². The zero-order valence-electron chi connectivity index (χ0n) is 11.1. The first kappa shape index (κ1) is 14.3. The highest BCUT2D eigenvalue weighted by molar-refractivity contribution is 7.98. The van der Waals surface area contributed by atoms with Crippen LogP contribution in [0.3, 0.4) is 0 Å². The Morgan fingerprint density at radius 3 is 2.81 bits per heavy atom. The van der Waals surface area contributed by atoms with Gasteiger partial charge < -0.3 is 10.6 Å². The van der Waals surface area contributed by atoms with Gasteiger partial charge in [0.1, 0.15) is 0 Å². The van der Waals surface area contributed by atoms with Gasteiger partial charge in [0.2, 0.25) is 0 Å². The highest BCUT2D eigenvalue weighted by atomic mass is 32.2. The molecule has 1 aliphatic carbocycles. The number of hydrogen-bond acceptors (Lipinski definition) is 3. The first-order chi connectivity index (χ1) is 7.63. The van der Waals surface area contributed by atoms with Crippen molar-refractivity contribution in [1.82, 2.24) is 4.90 Å². The maximum Gasteiger partial charge on any atom is 0.00718 e. The molecule has 0 bridgehead atoms. The smallest absolute Gasteiger partial charge is 0.00718 e. The van der Waals surface area contributed by atoms with Crippen molar-refractivity contribution in [2.75, 3.05) is 25.6 Å². The van der Waals surface area contributed by atoms with E-state index in [9.17, 15) is 0 Å². The van der Waals surface area contributed by atoms with Crippen molar-refractivity contribution >= 4 is 11.8 Å². The summed E-state index contributed by atoms with van der Waals surface area (Å²) in [5, 5.41) is 0. The van der Waals surface area contributed by atoms with E-state index in [4.69, 9.17) is 5.73 Å². The van der Waals surface area contributed by atoms with Crippen molar-refractivity contribution in [2.45, 2.75) is 51.1 Å². The first-order valence-corrected chi connectivity index (χ1v) is 7.97. The molecule has 0 aliphatic heterocycles. The monoisotopic (exact) mass is 244 g/mol. The summed E-state index contributed by atoms with van der Waals surface area (Å²) in [7, 11) is 2.27. The third-order valence-corrected chi connectivity index (χ3v) is 4.51. The van der Waals surface area contributed by atoms with E-state index in [-0.39, 0.29) is 0 Å². The standard InChI is InChI=1S/C13H28N2S/c1-11(7-8-16-3)15(2)10-12-5-4-6-13(14)9-12/h11-13H,4-10,14H2,1-3H3. The van der Waals surface area contributed by atoms with Crippen molar-refractivity contribution in [3.8, 4) is 0 Å². The second kappa shape index (κ2) is 7.57. The minimum atomic E-state index is 0.466. The minimum absolute atomic E-state index is 0.466. The third-order valence-electron chi connectivity index (χ3n) is 3.86. The molecule has 1 rings (SSSR count). The molecule has 2 N–H and O–H groups in total. The molecule has 0 amide bonds. The van der Waals surface area contributed by atoms with Gasteiger partial charge >= 0.3 is 0 Å². The van der Waals surface area contributed by atoms with E-state index >= 15 is 0 Å². The fourth-order valence-electron chi connectivity index (χ4n) is 2.59. The molecule has 1 saturated carbocycles. The zero-order chi connectivity index (χ0) is 12.0. The number of hydrogen-bond donors (Lipinski definition) is 1. The van der Waals surface area contributed by atoms with Crippen molar-refractivity contribution < 1.29 is 0 Å². The normalized spacial score (nSPS) is 28.3. The number of rotatable bonds is 6. The van der Waals surface area contributed by atoms with Gasteiger partial charge in [0, 0.05) is 18.6 Å². The summed E-state index contributed by atoms with van der Waals surface area (Å²) in [4.78, 5) is 2.53. The molecule has 3 atom stereocenters. The molecule has 3 unspecified atom stereocenters. The van der Waals surface area contributed by atoms with Crippen LogP contribution >= 0.6 is 11.8 Å². The van der Waals surface area contributed by atoms with Crippen LogP contribution in [-0.4, -0.2) is 42.6 Å². The lowest BCUT2D eigenvalue weighted by Gasteiger charge is -2.33.